The minimum atomic E-state index is 0.261. The molecule has 124 valence electrons. The summed E-state index contributed by atoms with van der Waals surface area (Å²) >= 11 is 0. The summed E-state index contributed by atoms with van der Waals surface area (Å²) in [5.41, 5.74) is 7.40. The fraction of sp³-hybridized carbons (Fsp3) is 0. The lowest BCUT2D eigenvalue weighted by atomic mass is 9.97. The summed E-state index contributed by atoms with van der Waals surface area (Å²) in [4.78, 5) is 0. The van der Waals surface area contributed by atoms with Crippen LogP contribution in [0.15, 0.2) is 103 Å². The molecule has 0 unspecified atom stereocenters. The number of fused-ring (bicyclic) bond motifs is 1. The SMILES string of the molecule is Oc1ccc2ccccc2c1C=C=C(c1ccccc1)c1ccccc1. The molecule has 4 rings (SSSR count). The molecule has 0 bridgehead atoms. The molecule has 0 aliphatic heterocycles. The van der Waals surface area contributed by atoms with Crippen LogP contribution in [-0.4, -0.2) is 5.11 Å². The summed E-state index contributed by atoms with van der Waals surface area (Å²) in [7, 11) is 0. The third-order valence-corrected chi connectivity index (χ3v) is 4.43. The molecule has 0 radical (unpaired) electrons. The first-order chi connectivity index (χ1) is 12.8. The zero-order chi connectivity index (χ0) is 17.8. The Kier molecular flexibility index (Phi) is 4.38. The second-order valence-electron chi connectivity index (χ2n) is 6.12. The van der Waals surface area contributed by atoms with Gasteiger partial charge in [-0.3, -0.25) is 0 Å². The summed E-state index contributed by atoms with van der Waals surface area (Å²) < 4.78 is 0. The lowest BCUT2D eigenvalue weighted by molar-refractivity contribution is 0.475. The molecule has 0 heterocycles. The third-order valence-electron chi connectivity index (χ3n) is 4.43. The molecule has 0 saturated heterocycles. The number of aromatic hydroxyl groups is 1. The van der Waals surface area contributed by atoms with E-state index >= 15 is 0 Å². The molecule has 0 aliphatic carbocycles. The largest absolute Gasteiger partial charge is 0.507 e. The average Bonchev–Trinajstić information content (AvgIpc) is 2.71. The lowest BCUT2D eigenvalue weighted by Gasteiger charge is -2.07. The van der Waals surface area contributed by atoms with Gasteiger partial charge < -0.3 is 5.11 Å². The molecule has 0 aromatic heterocycles. The lowest BCUT2D eigenvalue weighted by Crippen LogP contribution is -1.86. The minimum absolute atomic E-state index is 0.261. The fourth-order valence-electron chi connectivity index (χ4n) is 3.12. The topological polar surface area (TPSA) is 20.2 Å². The molecule has 26 heavy (non-hydrogen) atoms. The van der Waals surface area contributed by atoms with Crippen LogP contribution in [0.3, 0.4) is 0 Å². The number of benzene rings is 4. The molecule has 1 heteroatoms. The van der Waals surface area contributed by atoms with E-state index in [1.54, 1.807) is 6.07 Å². The zero-order valence-electron chi connectivity index (χ0n) is 14.3. The molecule has 1 nitrogen and oxygen atoms in total. The summed E-state index contributed by atoms with van der Waals surface area (Å²) in [5.74, 6) is 0.261. The summed E-state index contributed by atoms with van der Waals surface area (Å²) in [6.07, 6.45) is 1.88. The Labute approximate surface area is 153 Å². The van der Waals surface area contributed by atoms with Crippen molar-refractivity contribution >= 4 is 22.4 Å². The Bertz CT molecular complexity index is 1060. The first-order valence-electron chi connectivity index (χ1n) is 8.61. The van der Waals surface area contributed by atoms with E-state index in [0.29, 0.717) is 0 Å². The van der Waals surface area contributed by atoms with E-state index < -0.39 is 0 Å². The molecular weight excluding hydrogens is 316 g/mol. The number of hydrogen-bond donors (Lipinski definition) is 1. The number of hydrogen-bond acceptors (Lipinski definition) is 1. The highest BCUT2D eigenvalue weighted by Gasteiger charge is 2.06. The quantitative estimate of drug-likeness (QED) is 0.437. The van der Waals surface area contributed by atoms with E-state index in [1.807, 2.05) is 72.8 Å². The van der Waals surface area contributed by atoms with Crippen molar-refractivity contribution in [2.24, 2.45) is 0 Å². The van der Waals surface area contributed by atoms with Gasteiger partial charge in [-0.15, -0.1) is 5.73 Å². The number of phenols is 1. The molecule has 0 fully saturated rings. The van der Waals surface area contributed by atoms with E-state index in [9.17, 15) is 5.11 Å². The van der Waals surface area contributed by atoms with Gasteiger partial charge in [-0.05, 0) is 34.0 Å². The van der Waals surface area contributed by atoms with Gasteiger partial charge in [-0.2, -0.15) is 0 Å². The second-order valence-corrected chi connectivity index (χ2v) is 6.12. The Hall–Kier alpha value is -3.54. The standard InChI is InChI=1S/C25H18O/c26-25-18-15-21-13-7-8-14-23(21)24(25)17-16-22(19-9-3-1-4-10-19)20-11-5-2-6-12-20/h1-15,17-18,26H. The maximum absolute atomic E-state index is 10.4. The number of rotatable bonds is 3. The van der Waals surface area contributed by atoms with Crippen LogP contribution >= 0.6 is 0 Å². The number of phenolic OH excluding ortho intramolecular Hbond substituents is 1. The van der Waals surface area contributed by atoms with Crippen LogP contribution in [0.5, 0.6) is 5.75 Å². The second kappa shape index (κ2) is 7.14. The van der Waals surface area contributed by atoms with Crippen LogP contribution in [0.4, 0.5) is 0 Å². The predicted molar refractivity (Wildman–Crippen MR) is 109 cm³/mol. The molecule has 0 aliphatic rings. The smallest absolute Gasteiger partial charge is 0.124 e. The Balaban J connectivity index is 1.95. The molecular formula is C25H18O. The Morgan fingerprint density at radius 1 is 0.654 bits per heavy atom. The third kappa shape index (κ3) is 3.17. The van der Waals surface area contributed by atoms with Crippen molar-refractivity contribution in [3.63, 3.8) is 0 Å². The molecule has 1 N–H and O–H groups in total. The Morgan fingerprint density at radius 2 is 1.23 bits per heavy atom. The summed E-state index contributed by atoms with van der Waals surface area (Å²) in [6.45, 7) is 0. The highest BCUT2D eigenvalue weighted by atomic mass is 16.3. The van der Waals surface area contributed by atoms with Crippen molar-refractivity contribution in [2.45, 2.75) is 0 Å². The first kappa shape index (κ1) is 16.0. The summed E-state index contributed by atoms with van der Waals surface area (Å²) in [6, 6.07) is 32.1. The first-order valence-corrected chi connectivity index (χ1v) is 8.61. The van der Waals surface area contributed by atoms with Crippen LogP contribution in [0.1, 0.15) is 16.7 Å². The van der Waals surface area contributed by atoms with Crippen LogP contribution in [0.2, 0.25) is 0 Å². The molecule has 4 aromatic rings. The Morgan fingerprint density at radius 3 is 1.88 bits per heavy atom. The maximum Gasteiger partial charge on any atom is 0.124 e. The van der Waals surface area contributed by atoms with E-state index in [2.05, 4.69) is 30.0 Å². The molecule has 4 aromatic carbocycles. The van der Waals surface area contributed by atoms with Crippen molar-refractivity contribution in [3.05, 3.63) is 119 Å². The predicted octanol–water partition coefficient (Wildman–Crippen LogP) is 6.29. The van der Waals surface area contributed by atoms with Crippen LogP contribution in [0, 0.1) is 0 Å². The van der Waals surface area contributed by atoms with E-state index in [4.69, 9.17) is 0 Å². The molecule has 0 amide bonds. The average molecular weight is 334 g/mol. The van der Waals surface area contributed by atoms with Crippen molar-refractivity contribution in [3.8, 4) is 5.75 Å². The van der Waals surface area contributed by atoms with Gasteiger partial charge in [0, 0.05) is 11.1 Å². The van der Waals surface area contributed by atoms with Crippen molar-refractivity contribution in [1.29, 1.82) is 0 Å². The van der Waals surface area contributed by atoms with E-state index in [1.165, 1.54) is 0 Å². The maximum atomic E-state index is 10.4. The van der Waals surface area contributed by atoms with Gasteiger partial charge in [0.05, 0.1) is 0 Å². The minimum Gasteiger partial charge on any atom is -0.507 e. The van der Waals surface area contributed by atoms with Gasteiger partial charge in [0.15, 0.2) is 0 Å². The van der Waals surface area contributed by atoms with Crippen LogP contribution < -0.4 is 0 Å². The van der Waals surface area contributed by atoms with Gasteiger partial charge in [0.1, 0.15) is 5.75 Å². The van der Waals surface area contributed by atoms with Gasteiger partial charge >= 0.3 is 0 Å². The van der Waals surface area contributed by atoms with Crippen LogP contribution in [0.25, 0.3) is 22.4 Å². The molecule has 0 saturated carbocycles. The normalized spacial score (nSPS) is 10.3. The van der Waals surface area contributed by atoms with E-state index in [0.717, 1.165) is 33.0 Å². The highest BCUT2D eigenvalue weighted by molar-refractivity contribution is 5.94. The van der Waals surface area contributed by atoms with Crippen molar-refractivity contribution in [1.82, 2.24) is 0 Å². The van der Waals surface area contributed by atoms with Crippen LogP contribution in [-0.2, 0) is 0 Å². The molecule has 0 spiro atoms. The van der Waals surface area contributed by atoms with Gasteiger partial charge in [-0.1, -0.05) is 91.0 Å². The van der Waals surface area contributed by atoms with Gasteiger partial charge in [0.25, 0.3) is 0 Å². The van der Waals surface area contributed by atoms with Crippen molar-refractivity contribution in [2.75, 3.05) is 0 Å². The summed E-state index contributed by atoms with van der Waals surface area (Å²) in [5, 5.41) is 12.5. The monoisotopic (exact) mass is 334 g/mol. The van der Waals surface area contributed by atoms with Gasteiger partial charge in [-0.25, -0.2) is 0 Å². The van der Waals surface area contributed by atoms with Crippen molar-refractivity contribution < 1.29 is 5.11 Å². The fourth-order valence-corrected chi connectivity index (χ4v) is 3.12. The zero-order valence-corrected chi connectivity index (χ0v) is 14.3. The van der Waals surface area contributed by atoms with E-state index in [-0.39, 0.29) is 5.75 Å². The highest BCUT2D eigenvalue weighted by Crippen LogP contribution is 2.29. The van der Waals surface area contributed by atoms with Gasteiger partial charge in [0.2, 0.25) is 0 Å². The molecule has 0 atom stereocenters.